The molecule has 0 unspecified atom stereocenters. The van der Waals surface area contributed by atoms with Crippen molar-refractivity contribution in [1.29, 1.82) is 0 Å². The van der Waals surface area contributed by atoms with Crippen molar-refractivity contribution in [1.82, 2.24) is 4.57 Å². The fourth-order valence-corrected chi connectivity index (χ4v) is 5.43. The lowest BCUT2D eigenvalue weighted by Crippen LogP contribution is -2.15. The van der Waals surface area contributed by atoms with Crippen LogP contribution in [0.3, 0.4) is 0 Å². The highest BCUT2D eigenvalue weighted by Crippen LogP contribution is 3.02. The highest BCUT2D eigenvalue weighted by Gasteiger charge is 2.66. The molecule has 0 bridgehead atoms. The zero-order chi connectivity index (χ0) is 25.7. The molecule has 14 heteroatoms. The van der Waals surface area contributed by atoms with Gasteiger partial charge in [0.1, 0.15) is 10.7 Å². The first kappa shape index (κ1) is 25.9. The number of nitrogens with two attached hydrogens (primary N) is 2. The van der Waals surface area contributed by atoms with Crippen LogP contribution in [0.5, 0.6) is 11.5 Å². The van der Waals surface area contributed by atoms with Crippen LogP contribution in [-0.2, 0) is 6.54 Å². The Morgan fingerprint density at radius 3 is 2.24 bits per heavy atom. The molecule has 0 aliphatic heterocycles. The van der Waals surface area contributed by atoms with Gasteiger partial charge in [-0.25, -0.2) is 4.39 Å². The van der Waals surface area contributed by atoms with Crippen LogP contribution in [0.1, 0.15) is 24.2 Å². The molecule has 1 heterocycles. The highest BCUT2D eigenvalue weighted by molar-refractivity contribution is 9.10. The number of carbonyl (C=O) groups excluding carboxylic acids is 1. The van der Waals surface area contributed by atoms with Gasteiger partial charge in [0.15, 0.2) is 23.1 Å². The Hall–Kier alpha value is -2.74. The molecular formula is C20H20BrF6N3O3S. The summed E-state index contributed by atoms with van der Waals surface area (Å²) in [5, 5.41) is 0.227. The lowest BCUT2D eigenvalue weighted by Gasteiger charge is -2.41. The number of ether oxygens (including phenoxy) is 2. The number of rotatable bonds is 8. The summed E-state index contributed by atoms with van der Waals surface area (Å²) in [6.07, 6.45) is 1.35. The topological polar surface area (TPSA) is 92.5 Å². The molecule has 1 aromatic heterocycles. The zero-order valence-corrected chi connectivity index (χ0v) is 20.2. The minimum Gasteiger partial charge on any atom is -0.490 e. The molecule has 0 spiro atoms. The summed E-state index contributed by atoms with van der Waals surface area (Å²) in [7, 11) is -10.1. The first-order valence-electron chi connectivity index (χ1n) is 9.71. The molecular weight excluding hydrogens is 556 g/mol. The fraction of sp³-hybridized carbons (Fsp3) is 0.250. The van der Waals surface area contributed by atoms with E-state index in [1.165, 1.54) is 12.3 Å². The molecule has 3 rings (SSSR count). The predicted octanol–water partition coefficient (Wildman–Crippen LogP) is 7.05. The summed E-state index contributed by atoms with van der Waals surface area (Å²) in [6.45, 7) is 3.16. The Labute approximate surface area is 198 Å². The van der Waals surface area contributed by atoms with Gasteiger partial charge in [-0.1, -0.05) is 19.4 Å². The Bertz CT molecular complexity index is 1310. The molecule has 0 amide bonds. The lowest BCUT2D eigenvalue weighted by molar-refractivity contribution is 0.0973. The second-order valence-corrected chi connectivity index (χ2v) is 10.5. The SMILES string of the molecule is CCOc1cc2cn(CC(=O)c3cc(Br)c(S(F)(F)(F)(F)F)cc3N)c(N)c2c(F)c1OCC. The number of nitrogens with zero attached hydrogens (tertiary/aromatic N) is 1. The number of aromatic nitrogens is 1. The van der Waals surface area contributed by atoms with Gasteiger partial charge in [0.25, 0.3) is 0 Å². The fourth-order valence-electron chi connectivity index (χ4n) is 3.39. The zero-order valence-electron chi connectivity index (χ0n) is 17.8. The van der Waals surface area contributed by atoms with E-state index >= 15 is 4.39 Å². The summed E-state index contributed by atoms with van der Waals surface area (Å²) < 4.78 is 92.0. The molecule has 0 saturated carbocycles. The maximum Gasteiger partial charge on any atom is 0.311 e. The van der Waals surface area contributed by atoms with Crippen LogP contribution in [-0.4, -0.2) is 23.6 Å². The van der Waals surface area contributed by atoms with Gasteiger partial charge in [0, 0.05) is 27.3 Å². The monoisotopic (exact) mass is 575 g/mol. The van der Waals surface area contributed by atoms with Gasteiger partial charge >= 0.3 is 10.2 Å². The van der Waals surface area contributed by atoms with Crippen LogP contribution in [0.25, 0.3) is 10.8 Å². The first-order chi connectivity index (χ1) is 15.5. The third kappa shape index (κ3) is 4.87. The van der Waals surface area contributed by atoms with Crippen molar-refractivity contribution in [2.45, 2.75) is 25.3 Å². The Morgan fingerprint density at radius 1 is 1.06 bits per heavy atom. The van der Waals surface area contributed by atoms with Crippen LogP contribution in [0, 0.1) is 5.82 Å². The number of Topliss-reactive ketones (excluding diaryl/α,β-unsaturated/α-hetero) is 1. The molecule has 188 valence electrons. The molecule has 6 nitrogen and oxygen atoms in total. The number of anilines is 2. The highest BCUT2D eigenvalue weighted by atomic mass is 79.9. The molecule has 0 radical (unpaired) electrons. The number of carbonyl (C=O) groups is 1. The van der Waals surface area contributed by atoms with E-state index in [2.05, 4.69) is 15.9 Å². The van der Waals surface area contributed by atoms with Gasteiger partial charge in [-0.05, 0) is 48.0 Å². The quantitative estimate of drug-likeness (QED) is 0.171. The minimum absolute atomic E-state index is 0.0107. The van der Waals surface area contributed by atoms with Crippen molar-refractivity contribution in [3.05, 3.63) is 40.2 Å². The van der Waals surface area contributed by atoms with Crippen LogP contribution in [0.4, 0.5) is 35.3 Å². The smallest absolute Gasteiger partial charge is 0.311 e. The van der Waals surface area contributed by atoms with E-state index in [0.717, 1.165) is 4.57 Å². The molecule has 3 aromatic rings. The summed E-state index contributed by atoms with van der Waals surface area (Å²) in [4.78, 5) is 10.5. The lowest BCUT2D eigenvalue weighted by atomic mass is 10.1. The van der Waals surface area contributed by atoms with Crippen molar-refractivity contribution in [2.24, 2.45) is 0 Å². The van der Waals surface area contributed by atoms with Crippen LogP contribution < -0.4 is 20.9 Å². The van der Waals surface area contributed by atoms with Crippen molar-refractivity contribution in [3.8, 4) is 11.5 Å². The Kier molecular flexibility index (Phi) is 6.01. The third-order valence-electron chi connectivity index (χ3n) is 4.80. The van der Waals surface area contributed by atoms with E-state index < -0.39 is 49.0 Å². The van der Waals surface area contributed by atoms with Gasteiger partial charge < -0.3 is 25.5 Å². The largest absolute Gasteiger partial charge is 0.490 e. The summed E-state index contributed by atoms with van der Waals surface area (Å²) in [6, 6.07) is 2.06. The third-order valence-corrected chi connectivity index (χ3v) is 6.89. The standard InChI is InChI=1S/C20H20BrF6N3O3S/c1-3-32-15-5-10-8-30(20(29)17(10)18(22)19(15)33-4-2)9-14(31)11-6-12(21)16(7-13(11)28)34(23,24,25,26)27/h5-8H,3-4,9,28-29H2,1-2H3. The number of ketones is 1. The van der Waals surface area contributed by atoms with Crippen molar-refractivity contribution >= 4 is 54.2 Å². The second kappa shape index (κ2) is 7.90. The average molecular weight is 576 g/mol. The van der Waals surface area contributed by atoms with Gasteiger partial charge in [0.2, 0.25) is 0 Å². The number of fused-ring (bicyclic) bond motifs is 1. The minimum atomic E-state index is -10.1. The number of hydrogen-bond acceptors (Lipinski definition) is 5. The maximum absolute atomic E-state index is 15.1. The van der Waals surface area contributed by atoms with E-state index in [0.29, 0.717) is 6.07 Å². The van der Waals surface area contributed by atoms with E-state index in [4.69, 9.17) is 20.9 Å². The first-order valence-corrected chi connectivity index (χ1v) is 12.5. The number of benzene rings is 2. The molecule has 0 fully saturated rings. The van der Waals surface area contributed by atoms with Gasteiger partial charge in [-0.2, -0.15) is 0 Å². The summed E-state index contributed by atoms with van der Waals surface area (Å²) in [5.41, 5.74) is 10.3. The number of hydrogen-bond donors (Lipinski definition) is 2. The molecule has 2 aromatic carbocycles. The number of nitrogen functional groups attached to an aromatic ring is 2. The molecule has 4 N–H and O–H groups in total. The molecule has 34 heavy (non-hydrogen) atoms. The molecule has 0 aliphatic rings. The Morgan fingerprint density at radius 2 is 1.68 bits per heavy atom. The summed E-state index contributed by atoms with van der Waals surface area (Å²) in [5.74, 6) is -1.85. The molecule has 0 atom stereocenters. The van der Waals surface area contributed by atoms with Crippen molar-refractivity contribution < 1.29 is 38.1 Å². The second-order valence-electron chi connectivity index (χ2n) is 7.25. The Balaban J connectivity index is 2.05. The van der Waals surface area contributed by atoms with Gasteiger partial charge in [-0.15, -0.1) is 0 Å². The van der Waals surface area contributed by atoms with Crippen molar-refractivity contribution in [3.63, 3.8) is 0 Å². The normalized spacial score (nSPS) is 14.0. The van der Waals surface area contributed by atoms with E-state index in [9.17, 15) is 24.2 Å². The average Bonchev–Trinajstić information content (AvgIpc) is 3.00. The van der Waals surface area contributed by atoms with Crippen LogP contribution >= 0.6 is 26.2 Å². The van der Waals surface area contributed by atoms with Crippen LogP contribution in [0.15, 0.2) is 33.8 Å². The predicted molar refractivity (Wildman–Crippen MR) is 123 cm³/mol. The maximum atomic E-state index is 15.1. The van der Waals surface area contributed by atoms with Gasteiger partial charge in [-0.3, -0.25) is 4.79 Å². The summed E-state index contributed by atoms with van der Waals surface area (Å²) >= 11 is 2.45. The van der Waals surface area contributed by atoms with E-state index in [-0.39, 0.29) is 47.4 Å². The molecule has 0 aliphatic carbocycles. The molecule has 0 saturated heterocycles. The number of halogens is 7. The van der Waals surface area contributed by atoms with Gasteiger partial charge in [0.05, 0.1) is 25.1 Å². The van der Waals surface area contributed by atoms with E-state index in [1.54, 1.807) is 13.8 Å². The van der Waals surface area contributed by atoms with E-state index in [1.807, 2.05) is 0 Å². The van der Waals surface area contributed by atoms with Crippen molar-refractivity contribution in [2.75, 3.05) is 24.7 Å². The van der Waals surface area contributed by atoms with Crippen LogP contribution in [0.2, 0.25) is 0 Å².